The second-order valence-electron chi connectivity index (χ2n) is 6.46. The maximum atomic E-state index is 13.9. The van der Waals surface area contributed by atoms with Crippen LogP contribution in [-0.2, 0) is 0 Å². The highest BCUT2D eigenvalue weighted by molar-refractivity contribution is 5.96. The molecule has 1 N–H and O–H groups in total. The molecule has 0 aliphatic carbocycles. The number of aromatic amines is 1. The predicted octanol–water partition coefficient (Wildman–Crippen LogP) is 5.22. The Balaban J connectivity index is 2.10. The van der Waals surface area contributed by atoms with Crippen LogP contribution in [0.15, 0.2) is 36.4 Å². The van der Waals surface area contributed by atoms with E-state index < -0.39 is 5.95 Å². The van der Waals surface area contributed by atoms with Gasteiger partial charge >= 0.3 is 0 Å². The molecule has 0 atom stereocenters. The second-order valence-corrected chi connectivity index (χ2v) is 6.46. The Labute approximate surface area is 137 Å². The zero-order valence-corrected chi connectivity index (χ0v) is 13.7. The second kappa shape index (κ2) is 5.16. The smallest absolute Gasteiger partial charge is 0.216 e. The normalized spacial score (nSPS) is 11.9. The van der Waals surface area contributed by atoms with Crippen molar-refractivity contribution in [2.24, 2.45) is 0 Å². The molecule has 4 rings (SSSR count). The third-order valence-corrected chi connectivity index (χ3v) is 4.45. The summed E-state index contributed by atoms with van der Waals surface area (Å²) >= 11 is 0. The van der Waals surface area contributed by atoms with Crippen LogP contribution >= 0.6 is 0 Å². The van der Waals surface area contributed by atoms with Crippen LogP contribution in [0.5, 0.6) is 0 Å². The summed E-state index contributed by atoms with van der Waals surface area (Å²) in [6.45, 7) is 5.95. The van der Waals surface area contributed by atoms with Crippen LogP contribution in [-0.4, -0.2) is 14.8 Å². The Bertz CT molecular complexity index is 1070. The number of benzene rings is 2. The Morgan fingerprint density at radius 1 is 1.08 bits per heavy atom. The van der Waals surface area contributed by atoms with Gasteiger partial charge in [0.15, 0.2) is 0 Å². The van der Waals surface area contributed by atoms with Gasteiger partial charge in [-0.05, 0) is 54.8 Å². The molecule has 0 fully saturated rings. The molecule has 3 nitrogen and oxygen atoms in total. The van der Waals surface area contributed by atoms with Crippen LogP contribution in [0.3, 0.4) is 0 Å². The van der Waals surface area contributed by atoms with Crippen molar-refractivity contribution >= 4 is 21.8 Å². The molecule has 2 heterocycles. The quantitative estimate of drug-likeness (QED) is 0.539. The average molecular weight is 325 g/mol. The number of aromatic nitrogens is 3. The number of H-pyrrole nitrogens is 1. The molecule has 0 spiro atoms. The molecular formula is C19H17F2N3. The number of aryl methyl sites for hydroxylation is 1. The SMILES string of the molecule is Cc1cc(-n2c(C(C)C)cc3cc4n[nH]c(F)c4cc32)ccc1F. The fourth-order valence-corrected chi connectivity index (χ4v) is 3.18. The van der Waals surface area contributed by atoms with Gasteiger partial charge in [-0.15, -0.1) is 0 Å². The lowest BCUT2D eigenvalue weighted by molar-refractivity contribution is 0.588. The van der Waals surface area contributed by atoms with Crippen molar-refractivity contribution in [3.8, 4) is 5.69 Å². The van der Waals surface area contributed by atoms with Gasteiger partial charge in [0.2, 0.25) is 5.95 Å². The molecule has 0 saturated heterocycles. The lowest BCUT2D eigenvalue weighted by atomic mass is 10.1. The molecule has 0 bridgehead atoms. The van der Waals surface area contributed by atoms with Crippen molar-refractivity contribution in [1.82, 2.24) is 14.8 Å². The van der Waals surface area contributed by atoms with Crippen LogP contribution in [0.4, 0.5) is 8.78 Å². The number of hydrogen-bond acceptors (Lipinski definition) is 1. The molecule has 4 aromatic rings. The first kappa shape index (κ1) is 14.9. The molecule has 0 radical (unpaired) electrons. The maximum Gasteiger partial charge on any atom is 0.216 e. The highest BCUT2D eigenvalue weighted by Crippen LogP contribution is 2.32. The summed E-state index contributed by atoms with van der Waals surface area (Å²) in [6, 6.07) is 10.8. The molecule has 0 saturated carbocycles. The number of fused-ring (bicyclic) bond motifs is 2. The van der Waals surface area contributed by atoms with Crippen LogP contribution < -0.4 is 0 Å². The summed E-state index contributed by atoms with van der Waals surface area (Å²) in [7, 11) is 0. The van der Waals surface area contributed by atoms with E-state index in [1.165, 1.54) is 6.07 Å². The van der Waals surface area contributed by atoms with Crippen molar-refractivity contribution in [2.45, 2.75) is 26.7 Å². The Morgan fingerprint density at radius 2 is 1.88 bits per heavy atom. The Kier molecular flexibility index (Phi) is 3.20. The van der Waals surface area contributed by atoms with E-state index >= 15 is 0 Å². The molecule has 24 heavy (non-hydrogen) atoms. The van der Waals surface area contributed by atoms with E-state index in [9.17, 15) is 8.78 Å². The van der Waals surface area contributed by atoms with Gasteiger partial charge in [-0.1, -0.05) is 13.8 Å². The molecule has 2 aromatic carbocycles. The van der Waals surface area contributed by atoms with Crippen molar-refractivity contribution in [2.75, 3.05) is 0 Å². The van der Waals surface area contributed by atoms with E-state index in [4.69, 9.17) is 0 Å². The van der Waals surface area contributed by atoms with Gasteiger partial charge in [0, 0.05) is 16.8 Å². The van der Waals surface area contributed by atoms with Crippen molar-refractivity contribution in [3.63, 3.8) is 0 Å². The topological polar surface area (TPSA) is 33.6 Å². The summed E-state index contributed by atoms with van der Waals surface area (Å²) in [5, 5.41) is 7.81. The fourth-order valence-electron chi connectivity index (χ4n) is 3.18. The van der Waals surface area contributed by atoms with Gasteiger partial charge in [-0.2, -0.15) is 9.49 Å². The maximum absolute atomic E-state index is 13.9. The highest BCUT2D eigenvalue weighted by Gasteiger charge is 2.16. The van der Waals surface area contributed by atoms with E-state index in [1.807, 2.05) is 12.1 Å². The highest BCUT2D eigenvalue weighted by atomic mass is 19.1. The van der Waals surface area contributed by atoms with E-state index in [-0.39, 0.29) is 11.7 Å². The van der Waals surface area contributed by atoms with E-state index in [1.54, 1.807) is 19.1 Å². The summed E-state index contributed by atoms with van der Waals surface area (Å²) < 4.78 is 29.6. The summed E-state index contributed by atoms with van der Waals surface area (Å²) in [6.07, 6.45) is 0. The average Bonchev–Trinajstić information content (AvgIpc) is 3.09. The number of halogens is 2. The monoisotopic (exact) mass is 325 g/mol. The van der Waals surface area contributed by atoms with Gasteiger partial charge in [-0.25, -0.2) is 4.39 Å². The zero-order valence-electron chi connectivity index (χ0n) is 13.7. The standard InChI is InChI=1S/C19H17F2N3/c1-10(2)17-8-12-7-16-14(19(21)23-22-16)9-18(12)24(17)13-4-5-15(20)11(3)6-13/h4-10H,1-3H3,(H,22,23). The zero-order chi connectivity index (χ0) is 17.0. The first-order valence-corrected chi connectivity index (χ1v) is 7.91. The first-order valence-electron chi connectivity index (χ1n) is 7.91. The van der Waals surface area contributed by atoms with Gasteiger partial charge in [-0.3, -0.25) is 5.10 Å². The van der Waals surface area contributed by atoms with Crippen molar-refractivity contribution < 1.29 is 8.78 Å². The van der Waals surface area contributed by atoms with Crippen LogP contribution in [0.2, 0.25) is 0 Å². The van der Waals surface area contributed by atoms with Crippen molar-refractivity contribution in [3.05, 3.63) is 59.4 Å². The Morgan fingerprint density at radius 3 is 2.58 bits per heavy atom. The van der Waals surface area contributed by atoms with Gasteiger partial charge < -0.3 is 4.57 Å². The number of nitrogens with one attached hydrogen (secondary N) is 1. The van der Waals surface area contributed by atoms with Gasteiger partial charge in [0.1, 0.15) is 5.82 Å². The lowest BCUT2D eigenvalue weighted by Gasteiger charge is -2.14. The van der Waals surface area contributed by atoms with E-state index in [0.717, 1.165) is 22.3 Å². The van der Waals surface area contributed by atoms with E-state index in [0.29, 0.717) is 16.5 Å². The summed E-state index contributed by atoms with van der Waals surface area (Å²) in [5.74, 6) is -0.410. The third-order valence-electron chi connectivity index (χ3n) is 4.45. The van der Waals surface area contributed by atoms with Gasteiger partial charge in [0.25, 0.3) is 0 Å². The van der Waals surface area contributed by atoms with Crippen LogP contribution in [0.25, 0.3) is 27.5 Å². The molecule has 122 valence electrons. The minimum atomic E-state index is -0.443. The largest absolute Gasteiger partial charge is 0.313 e. The van der Waals surface area contributed by atoms with Crippen molar-refractivity contribution in [1.29, 1.82) is 0 Å². The fraction of sp³-hybridized carbons (Fsp3) is 0.211. The number of rotatable bonds is 2. The minimum Gasteiger partial charge on any atom is -0.313 e. The molecule has 0 amide bonds. The molecular weight excluding hydrogens is 308 g/mol. The summed E-state index contributed by atoms with van der Waals surface area (Å²) in [4.78, 5) is 0. The van der Waals surface area contributed by atoms with E-state index in [2.05, 4.69) is 34.7 Å². The number of nitrogens with zero attached hydrogens (tertiary/aromatic N) is 2. The Hall–Kier alpha value is -2.69. The minimum absolute atomic E-state index is 0.232. The molecule has 0 aliphatic rings. The molecule has 0 aliphatic heterocycles. The predicted molar refractivity (Wildman–Crippen MR) is 91.7 cm³/mol. The number of hydrogen-bond donors (Lipinski definition) is 1. The van der Waals surface area contributed by atoms with Gasteiger partial charge in [0.05, 0.1) is 16.4 Å². The third kappa shape index (κ3) is 2.12. The summed E-state index contributed by atoms with van der Waals surface area (Å²) in [5.41, 5.74) is 4.03. The van der Waals surface area contributed by atoms with Crippen LogP contribution in [0.1, 0.15) is 31.0 Å². The molecule has 5 heteroatoms. The first-order chi connectivity index (χ1) is 11.5. The molecule has 0 unspecified atom stereocenters. The van der Waals surface area contributed by atoms with Crippen LogP contribution in [0, 0.1) is 18.7 Å². The molecule has 2 aromatic heterocycles. The lowest BCUT2D eigenvalue weighted by Crippen LogP contribution is -2.02.